The quantitative estimate of drug-likeness (QED) is 0.525. The molecule has 196 valence electrons. The summed E-state index contributed by atoms with van der Waals surface area (Å²) in [5.41, 5.74) is 2.34. The third kappa shape index (κ3) is 4.93. The zero-order valence-electron chi connectivity index (χ0n) is 20.8. The normalized spacial score (nSPS) is 18.9. The number of imidazole rings is 1. The third-order valence-corrected chi connectivity index (χ3v) is 7.38. The van der Waals surface area contributed by atoms with E-state index in [0.29, 0.717) is 30.1 Å². The van der Waals surface area contributed by atoms with E-state index in [1.54, 1.807) is 24.3 Å². The number of halogens is 3. The van der Waals surface area contributed by atoms with Crippen LogP contribution < -0.4 is 9.64 Å². The topological polar surface area (TPSA) is 46.0 Å². The first-order valence-corrected chi connectivity index (χ1v) is 12.6. The second-order valence-corrected chi connectivity index (χ2v) is 9.90. The van der Waals surface area contributed by atoms with Gasteiger partial charge in [0.25, 0.3) is 0 Å². The van der Waals surface area contributed by atoms with Crippen molar-refractivity contribution < 1.29 is 22.6 Å². The number of fused-ring (bicyclic) bond motifs is 3. The molecule has 3 aliphatic heterocycles. The lowest BCUT2D eigenvalue weighted by Crippen LogP contribution is -2.44. The van der Waals surface area contributed by atoms with Crippen molar-refractivity contribution in [3.8, 4) is 22.6 Å². The number of benzene rings is 2. The molecule has 0 aliphatic carbocycles. The molecule has 0 saturated carbocycles. The van der Waals surface area contributed by atoms with E-state index in [9.17, 15) is 13.2 Å². The fourth-order valence-corrected chi connectivity index (χ4v) is 5.27. The van der Waals surface area contributed by atoms with Gasteiger partial charge in [0, 0.05) is 57.7 Å². The second kappa shape index (κ2) is 9.66. The van der Waals surface area contributed by atoms with Gasteiger partial charge in [-0.3, -0.25) is 9.47 Å². The molecule has 0 N–H and O–H groups in total. The highest BCUT2D eigenvalue weighted by atomic mass is 19.4. The predicted octanol–water partition coefficient (Wildman–Crippen LogP) is 4.03. The average molecular weight is 514 g/mol. The first-order chi connectivity index (χ1) is 17.8. The van der Waals surface area contributed by atoms with Crippen LogP contribution in [0.2, 0.25) is 0 Å². The van der Waals surface area contributed by atoms with Crippen molar-refractivity contribution in [3.63, 3.8) is 0 Å². The fourth-order valence-electron chi connectivity index (χ4n) is 5.27. The number of rotatable bonds is 4. The van der Waals surface area contributed by atoms with E-state index in [4.69, 9.17) is 14.5 Å². The number of nitrogens with zero attached hydrogens (tertiary/aromatic N) is 5. The molecule has 1 aromatic heterocycles. The summed E-state index contributed by atoms with van der Waals surface area (Å²) in [6.07, 6.45) is -2.47. The standard InChI is InChI=1S/C27H30F3N5O2/c1-32-6-8-34(9-7-32)21-3-4-22(23(15-21)27(28,29)30)19-2-5-24-25(14-19)37-18-26-31-20(17-35(24)26)16-33-10-12-36-13-11-33/h2-5,14-15,17H,6-13,16,18H2,1H3. The van der Waals surface area contributed by atoms with Crippen molar-refractivity contribution in [2.45, 2.75) is 19.3 Å². The van der Waals surface area contributed by atoms with Crippen molar-refractivity contribution in [1.82, 2.24) is 19.4 Å². The largest absolute Gasteiger partial charge is 0.483 e. The number of hydrogen-bond donors (Lipinski definition) is 0. The van der Waals surface area contributed by atoms with Crippen molar-refractivity contribution in [2.75, 3.05) is 64.4 Å². The summed E-state index contributed by atoms with van der Waals surface area (Å²) in [7, 11) is 2.03. The highest BCUT2D eigenvalue weighted by Gasteiger charge is 2.35. The Morgan fingerprint density at radius 3 is 2.49 bits per heavy atom. The number of morpholine rings is 1. The van der Waals surface area contributed by atoms with E-state index >= 15 is 0 Å². The van der Waals surface area contributed by atoms with Gasteiger partial charge >= 0.3 is 6.18 Å². The Morgan fingerprint density at radius 2 is 1.73 bits per heavy atom. The van der Waals surface area contributed by atoms with E-state index in [0.717, 1.165) is 63.1 Å². The minimum absolute atomic E-state index is 0.154. The summed E-state index contributed by atoms with van der Waals surface area (Å²) in [6, 6.07) is 9.93. The van der Waals surface area contributed by atoms with E-state index in [1.807, 2.05) is 28.8 Å². The molecule has 3 aliphatic rings. The zero-order chi connectivity index (χ0) is 25.6. The number of piperazine rings is 1. The van der Waals surface area contributed by atoms with Crippen LogP contribution in [0, 0.1) is 0 Å². The fraction of sp³-hybridized carbons (Fsp3) is 0.444. The van der Waals surface area contributed by atoms with Crippen LogP contribution in [0.15, 0.2) is 42.6 Å². The maximum atomic E-state index is 14.2. The molecule has 0 bridgehead atoms. The van der Waals surface area contributed by atoms with Gasteiger partial charge in [-0.15, -0.1) is 0 Å². The van der Waals surface area contributed by atoms with Crippen LogP contribution in [0.1, 0.15) is 17.1 Å². The van der Waals surface area contributed by atoms with Gasteiger partial charge in [0.15, 0.2) is 5.82 Å². The molecular weight excluding hydrogens is 483 g/mol. The molecule has 3 aromatic rings. The molecule has 7 nitrogen and oxygen atoms in total. The maximum Gasteiger partial charge on any atom is 0.417 e. The highest BCUT2D eigenvalue weighted by Crippen LogP contribution is 2.42. The van der Waals surface area contributed by atoms with E-state index in [1.165, 1.54) is 6.07 Å². The van der Waals surface area contributed by atoms with Crippen LogP contribution in [0.4, 0.5) is 18.9 Å². The summed E-state index contributed by atoms with van der Waals surface area (Å²) in [6.45, 7) is 7.25. The lowest BCUT2D eigenvalue weighted by molar-refractivity contribution is -0.137. The van der Waals surface area contributed by atoms with Crippen molar-refractivity contribution in [3.05, 3.63) is 59.7 Å². The number of likely N-dealkylation sites (N-methyl/N-ethyl adjacent to an activating group) is 1. The Balaban J connectivity index is 1.29. The lowest BCUT2D eigenvalue weighted by Gasteiger charge is -2.34. The van der Waals surface area contributed by atoms with E-state index in [-0.39, 0.29) is 12.2 Å². The summed E-state index contributed by atoms with van der Waals surface area (Å²) in [5.74, 6) is 1.34. The van der Waals surface area contributed by atoms with Gasteiger partial charge in [-0.1, -0.05) is 12.1 Å². The second-order valence-electron chi connectivity index (χ2n) is 9.90. The van der Waals surface area contributed by atoms with Crippen LogP contribution >= 0.6 is 0 Å². The number of aromatic nitrogens is 2. The Bertz CT molecular complexity index is 1280. The molecule has 0 unspecified atom stereocenters. The van der Waals surface area contributed by atoms with Crippen LogP contribution in [0.5, 0.6) is 5.75 Å². The van der Waals surface area contributed by atoms with Gasteiger partial charge < -0.3 is 19.3 Å². The zero-order valence-corrected chi connectivity index (χ0v) is 20.8. The van der Waals surface area contributed by atoms with Crippen LogP contribution in [-0.2, 0) is 24.1 Å². The Hall–Kier alpha value is -3.08. The van der Waals surface area contributed by atoms with Gasteiger partial charge in [-0.25, -0.2) is 4.98 Å². The minimum atomic E-state index is -4.47. The molecule has 2 aromatic carbocycles. The SMILES string of the molecule is CN1CCN(c2ccc(-c3ccc4c(c3)OCc3nc(CN5CCOCC5)cn3-4)c(C(F)(F)F)c2)CC1. The van der Waals surface area contributed by atoms with Gasteiger partial charge in [0.05, 0.1) is 30.2 Å². The van der Waals surface area contributed by atoms with Crippen LogP contribution in [-0.4, -0.2) is 78.9 Å². The molecule has 10 heteroatoms. The van der Waals surface area contributed by atoms with Gasteiger partial charge in [-0.2, -0.15) is 13.2 Å². The molecular formula is C27H30F3N5O2. The Labute approximate surface area is 214 Å². The van der Waals surface area contributed by atoms with E-state index < -0.39 is 11.7 Å². The average Bonchev–Trinajstić information content (AvgIpc) is 3.31. The smallest absolute Gasteiger partial charge is 0.417 e. The number of hydrogen-bond acceptors (Lipinski definition) is 6. The molecule has 0 radical (unpaired) electrons. The molecule has 6 rings (SSSR count). The molecule has 37 heavy (non-hydrogen) atoms. The minimum Gasteiger partial charge on any atom is -0.483 e. The molecule has 0 amide bonds. The number of anilines is 1. The van der Waals surface area contributed by atoms with Crippen molar-refractivity contribution >= 4 is 5.69 Å². The van der Waals surface area contributed by atoms with Crippen molar-refractivity contribution in [2.24, 2.45) is 0 Å². The summed E-state index contributed by atoms with van der Waals surface area (Å²) in [4.78, 5) is 11.2. The summed E-state index contributed by atoms with van der Waals surface area (Å²) >= 11 is 0. The monoisotopic (exact) mass is 513 g/mol. The van der Waals surface area contributed by atoms with Crippen molar-refractivity contribution in [1.29, 1.82) is 0 Å². The lowest BCUT2D eigenvalue weighted by atomic mass is 9.97. The molecule has 2 saturated heterocycles. The van der Waals surface area contributed by atoms with Crippen LogP contribution in [0.25, 0.3) is 16.8 Å². The third-order valence-electron chi connectivity index (χ3n) is 7.38. The van der Waals surface area contributed by atoms with Gasteiger partial charge in [0.1, 0.15) is 12.4 Å². The number of alkyl halides is 3. The van der Waals surface area contributed by atoms with Gasteiger partial charge in [0.2, 0.25) is 0 Å². The first kappa shape index (κ1) is 24.3. The Kier molecular flexibility index (Phi) is 6.34. The molecule has 0 atom stereocenters. The van der Waals surface area contributed by atoms with E-state index in [2.05, 4.69) is 9.80 Å². The Morgan fingerprint density at radius 1 is 0.946 bits per heavy atom. The summed E-state index contributed by atoms with van der Waals surface area (Å²) in [5, 5.41) is 0. The predicted molar refractivity (Wildman–Crippen MR) is 134 cm³/mol. The summed E-state index contributed by atoms with van der Waals surface area (Å²) < 4.78 is 55.9. The number of ether oxygens (including phenoxy) is 2. The maximum absolute atomic E-state index is 14.2. The molecule has 4 heterocycles. The molecule has 2 fully saturated rings. The van der Waals surface area contributed by atoms with Gasteiger partial charge in [-0.05, 0) is 42.4 Å². The first-order valence-electron chi connectivity index (χ1n) is 12.6. The molecule has 0 spiro atoms. The van der Waals surface area contributed by atoms with Crippen LogP contribution in [0.3, 0.4) is 0 Å². The highest BCUT2D eigenvalue weighted by molar-refractivity contribution is 5.74.